The number of nitrogens with one attached hydrogen (secondary N) is 1. The number of methoxy groups -OCH3 is 3. The first-order chi connectivity index (χ1) is 15.1. The minimum atomic E-state index is -3.86. The van der Waals surface area contributed by atoms with Crippen molar-refractivity contribution in [3.63, 3.8) is 0 Å². The van der Waals surface area contributed by atoms with Crippen molar-refractivity contribution in [2.24, 2.45) is 0 Å². The molecule has 32 heavy (non-hydrogen) atoms. The number of nitrogens with zero attached hydrogens (tertiary/aromatic N) is 1. The van der Waals surface area contributed by atoms with Gasteiger partial charge in [0.25, 0.3) is 0 Å². The number of sulfonamides is 1. The first kappa shape index (κ1) is 25.3. The number of benzene rings is 2. The molecule has 0 spiro atoms. The molecule has 2 aromatic carbocycles. The van der Waals surface area contributed by atoms with E-state index in [9.17, 15) is 18.0 Å². The van der Waals surface area contributed by atoms with Gasteiger partial charge in [-0.3, -0.25) is 9.10 Å². The van der Waals surface area contributed by atoms with E-state index in [0.29, 0.717) is 5.02 Å². The number of amides is 1. The highest BCUT2D eigenvalue weighted by molar-refractivity contribution is 7.92. The Kier molecular flexibility index (Phi) is 8.34. The summed E-state index contributed by atoms with van der Waals surface area (Å²) in [5, 5.41) is 2.94. The van der Waals surface area contributed by atoms with Crippen LogP contribution < -0.4 is 19.1 Å². The van der Waals surface area contributed by atoms with E-state index >= 15 is 0 Å². The smallest absolute Gasteiger partial charge is 0.340 e. The molecule has 174 valence electrons. The number of anilines is 2. The highest BCUT2D eigenvalue weighted by Gasteiger charge is 2.32. The number of hydrogen-bond donors (Lipinski definition) is 1. The Morgan fingerprint density at radius 3 is 2.22 bits per heavy atom. The number of hydrogen-bond acceptors (Lipinski definition) is 7. The maximum Gasteiger partial charge on any atom is 0.340 e. The quantitative estimate of drug-likeness (QED) is 0.543. The summed E-state index contributed by atoms with van der Waals surface area (Å²) >= 11 is 6.03. The molecule has 0 radical (unpaired) electrons. The van der Waals surface area contributed by atoms with Gasteiger partial charge in [-0.05, 0) is 24.6 Å². The fraction of sp³-hybridized carbons (Fsp3) is 0.333. The molecule has 0 saturated carbocycles. The van der Waals surface area contributed by atoms with Gasteiger partial charge < -0.3 is 19.5 Å². The van der Waals surface area contributed by atoms with Gasteiger partial charge in [0.2, 0.25) is 15.9 Å². The number of carbonyl (C=O) groups is 2. The first-order valence-electron chi connectivity index (χ1n) is 9.47. The predicted octanol–water partition coefficient (Wildman–Crippen LogP) is 3.33. The van der Waals surface area contributed by atoms with Crippen LogP contribution >= 0.6 is 11.6 Å². The van der Waals surface area contributed by atoms with Gasteiger partial charge in [-0.1, -0.05) is 24.6 Å². The van der Waals surface area contributed by atoms with Gasteiger partial charge in [0.05, 0.1) is 44.5 Å². The summed E-state index contributed by atoms with van der Waals surface area (Å²) in [7, 11) is 0.143. The summed E-state index contributed by atoms with van der Waals surface area (Å²) in [6.07, 6.45) is 1.15. The predicted molar refractivity (Wildman–Crippen MR) is 122 cm³/mol. The molecule has 0 unspecified atom stereocenters. The highest BCUT2D eigenvalue weighted by atomic mass is 35.5. The van der Waals surface area contributed by atoms with Crippen molar-refractivity contribution in [1.82, 2.24) is 0 Å². The van der Waals surface area contributed by atoms with Gasteiger partial charge in [0, 0.05) is 17.2 Å². The average molecular weight is 485 g/mol. The van der Waals surface area contributed by atoms with Gasteiger partial charge in [0.1, 0.15) is 6.04 Å². The molecule has 1 N–H and O–H groups in total. The van der Waals surface area contributed by atoms with E-state index in [2.05, 4.69) is 5.32 Å². The first-order valence-corrected chi connectivity index (χ1v) is 11.7. The number of ether oxygens (including phenoxy) is 3. The minimum Gasteiger partial charge on any atom is -0.493 e. The number of halogens is 1. The lowest BCUT2D eigenvalue weighted by molar-refractivity contribution is -0.117. The third-order valence-electron chi connectivity index (χ3n) is 4.58. The van der Waals surface area contributed by atoms with Crippen LogP contribution in [0.5, 0.6) is 11.5 Å². The Morgan fingerprint density at radius 1 is 1.09 bits per heavy atom. The normalized spacial score (nSPS) is 11.9. The standard InChI is InChI=1S/C21H25ClN2O7S/c1-6-17(24(32(5,27)28)14-9-7-8-13(22)10-14)20(25)23-16-12-19(30-3)18(29-2)11-15(16)21(26)31-4/h7-12,17H,6H2,1-5H3,(H,23,25)/t17-/m0/s1. The van der Waals surface area contributed by atoms with Crippen molar-refractivity contribution in [2.75, 3.05) is 37.2 Å². The molecule has 0 bridgehead atoms. The van der Waals surface area contributed by atoms with Crippen molar-refractivity contribution in [3.05, 3.63) is 47.0 Å². The molecular weight excluding hydrogens is 460 g/mol. The molecule has 11 heteroatoms. The fourth-order valence-corrected chi connectivity index (χ4v) is 4.54. The summed E-state index contributed by atoms with van der Waals surface area (Å²) < 4.78 is 41.4. The largest absolute Gasteiger partial charge is 0.493 e. The van der Waals surface area contributed by atoms with Gasteiger partial charge in [-0.15, -0.1) is 0 Å². The third kappa shape index (κ3) is 5.63. The van der Waals surface area contributed by atoms with Crippen LogP contribution in [0.2, 0.25) is 5.02 Å². The van der Waals surface area contributed by atoms with E-state index in [1.165, 1.54) is 39.5 Å². The Labute approximate surface area is 192 Å². The van der Waals surface area contributed by atoms with Gasteiger partial charge in [-0.25, -0.2) is 13.2 Å². The van der Waals surface area contributed by atoms with E-state index in [-0.39, 0.29) is 34.9 Å². The number of rotatable bonds is 9. The molecule has 0 heterocycles. The zero-order valence-electron chi connectivity index (χ0n) is 18.3. The van der Waals surface area contributed by atoms with Crippen LogP contribution in [0.1, 0.15) is 23.7 Å². The summed E-state index contributed by atoms with van der Waals surface area (Å²) in [6.45, 7) is 1.67. The van der Waals surface area contributed by atoms with Crippen molar-refractivity contribution < 1.29 is 32.2 Å². The second-order valence-electron chi connectivity index (χ2n) is 6.70. The van der Waals surface area contributed by atoms with Crippen LogP contribution in [0.4, 0.5) is 11.4 Å². The SMILES string of the molecule is CC[C@@H](C(=O)Nc1cc(OC)c(OC)cc1C(=O)OC)N(c1cccc(Cl)c1)S(C)(=O)=O. The topological polar surface area (TPSA) is 111 Å². The maximum absolute atomic E-state index is 13.2. The average Bonchev–Trinajstić information content (AvgIpc) is 2.75. The molecule has 0 saturated heterocycles. The lowest BCUT2D eigenvalue weighted by Crippen LogP contribution is -2.47. The summed E-state index contributed by atoms with van der Waals surface area (Å²) in [5.74, 6) is -0.854. The van der Waals surface area contributed by atoms with E-state index in [4.69, 9.17) is 25.8 Å². The van der Waals surface area contributed by atoms with E-state index < -0.39 is 27.9 Å². The van der Waals surface area contributed by atoms with E-state index in [0.717, 1.165) is 10.6 Å². The van der Waals surface area contributed by atoms with Crippen molar-refractivity contribution >= 4 is 44.9 Å². The monoisotopic (exact) mass is 484 g/mol. The van der Waals surface area contributed by atoms with Crippen LogP contribution in [0.15, 0.2) is 36.4 Å². The van der Waals surface area contributed by atoms with E-state index in [1.807, 2.05) is 0 Å². The van der Waals surface area contributed by atoms with Crippen LogP contribution in [0.25, 0.3) is 0 Å². The Hall–Kier alpha value is -2.98. The summed E-state index contributed by atoms with van der Waals surface area (Å²) in [4.78, 5) is 25.5. The highest BCUT2D eigenvalue weighted by Crippen LogP contribution is 2.34. The molecule has 0 aliphatic rings. The fourth-order valence-electron chi connectivity index (χ4n) is 3.15. The molecule has 1 amide bonds. The number of esters is 1. The third-order valence-corrected chi connectivity index (χ3v) is 5.99. The van der Waals surface area contributed by atoms with Crippen molar-refractivity contribution in [1.29, 1.82) is 0 Å². The second kappa shape index (κ2) is 10.6. The van der Waals surface area contributed by atoms with Crippen LogP contribution in [-0.4, -0.2) is 53.9 Å². The summed E-state index contributed by atoms with van der Waals surface area (Å²) in [5.41, 5.74) is 0.335. The molecule has 9 nitrogen and oxygen atoms in total. The van der Waals surface area contributed by atoms with Gasteiger partial charge >= 0.3 is 5.97 Å². The molecule has 0 aliphatic heterocycles. The van der Waals surface area contributed by atoms with Crippen LogP contribution in [0.3, 0.4) is 0 Å². The molecule has 1 atom stereocenters. The Morgan fingerprint density at radius 2 is 1.72 bits per heavy atom. The number of carbonyl (C=O) groups excluding carboxylic acids is 2. The molecule has 2 aromatic rings. The molecular formula is C21H25ClN2O7S. The summed E-state index contributed by atoms with van der Waals surface area (Å²) in [6, 6.07) is 7.82. The van der Waals surface area contributed by atoms with Crippen LogP contribution in [0, 0.1) is 0 Å². The van der Waals surface area contributed by atoms with Crippen molar-refractivity contribution in [3.8, 4) is 11.5 Å². The van der Waals surface area contributed by atoms with Gasteiger partial charge in [-0.2, -0.15) is 0 Å². The lowest BCUT2D eigenvalue weighted by atomic mass is 10.1. The molecule has 0 aromatic heterocycles. The second-order valence-corrected chi connectivity index (χ2v) is 8.99. The molecule has 0 fully saturated rings. The zero-order valence-corrected chi connectivity index (χ0v) is 19.9. The van der Waals surface area contributed by atoms with Gasteiger partial charge in [0.15, 0.2) is 11.5 Å². The lowest BCUT2D eigenvalue weighted by Gasteiger charge is -2.30. The Bertz CT molecular complexity index is 1110. The zero-order chi connectivity index (χ0) is 24.1. The maximum atomic E-state index is 13.2. The minimum absolute atomic E-state index is 0.0158. The van der Waals surface area contributed by atoms with Crippen molar-refractivity contribution in [2.45, 2.75) is 19.4 Å². The van der Waals surface area contributed by atoms with Crippen LogP contribution in [-0.2, 0) is 19.6 Å². The molecule has 2 rings (SSSR count). The Balaban J connectivity index is 2.53. The molecule has 0 aliphatic carbocycles. The van der Waals surface area contributed by atoms with E-state index in [1.54, 1.807) is 25.1 Å².